The van der Waals surface area contributed by atoms with Gasteiger partial charge in [-0.15, -0.1) is 0 Å². The number of benzene rings is 2. The van der Waals surface area contributed by atoms with Gasteiger partial charge in [-0.25, -0.2) is 4.98 Å². The van der Waals surface area contributed by atoms with Crippen molar-refractivity contribution in [3.63, 3.8) is 0 Å². The van der Waals surface area contributed by atoms with E-state index in [1.807, 2.05) is 48.5 Å². The maximum absolute atomic E-state index is 6.19. The van der Waals surface area contributed by atoms with Crippen LogP contribution in [0.25, 0.3) is 10.9 Å². The van der Waals surface area contributed by atoms with E-state index in [9.17, 15) is 0 Å². The summed E-state index contributed by atoms with van der Waals surface area (Å²) in [5.41, 5.74) is 1.93. The van der Waals surface area contributed by atoms with Crippen LogP contribution >= 0.6 is 11.6 Å². The molecule has 0 saturated carbocycles. The van der Waals surface area contributed by atoms with Gasteiger partial charge >= 0.3 is 0 Å². The van der Waals surface area contributed by atoms with E-state index in [4.69, 9.17) is 11.6 Å². The fraction of sp³-hybridized carbons (Fsp3) is 0.222. The van der Waals surface area contributed by atoms with Crippen LogP contribution in [0.4, 0.5) is 11.8 Å². The van der Waals surface area contributed by atoms with E-state index >= 15 is 0 Å². The van der Waals surface area contributed by atoms with Gasteiger partial charge in [0.2, 0.25) is 5.95 Å². The molecule has 0 aliphatic heterocycles. The minimum absolute atomic E-state index is 0.296. The molecule has 0 bridgehead atoms. The zero-order valence-electron chi connectivity index (χ0n) is 13.2. The van der Waals surface area contributed by atoms with Gasteiger partial charge in [0, 0.05) is 23.0 Å². The molecule has 0 amide bonds. The predicted molar refractivity (Wildman–Crippen MR) is 97.1 cm³/mol. The van der Waals surface area contributed by atoms with Crippen LogP contribution in [0.15, 0.2) is 48.5 Å². The van der Waals surface area contributed by atoms with Crippen molar-refractivity contribution in [3.8, 4) is 0 Å². The van der Waals surface area contributed by atoms with Crippen molar-refractivity contribution < 1.29 is 0 Å². The molecule has 23 heavy (non-hydrogen) atoms. The highest BCUT2D eigenvalue weighted by Gasteiger charge is 2.08. The molecule has 0 fully saturated rings. The Kier molecular flexibility index (Phi) is 4.63. The lowest BCUT2D eigenvalue weighted by Gasteiger charge is -2.14. The van der Waals surface area contributed by atoms with E-state index in [-0.39, 0.29) is 0 Å². The van der Waals surface area contributed by atoms with Crippen LogP contribution in [-0.2, 0) is 6.54 Å². The summed E-state index contributed by atoms with van der Waals surface area (Å²) in [6.07, 6.45) is 0. The van der Waals surface area contributed by atoms with Crippen molar-refractivity contribution in [2.45, 2.75) is 26.4 Å². The molecule has 0 aliphatic carbocycles. The SMILES string of the molecule is CC(C)Nc1nc(NCc2ccccc2Cl)nc2ccccc12. The average molecular weight is 327 g/mol. The summed E-state index contributed by atoms with van der Waals surface area (Å²) < 4.78 is 0. The standard InChI is InChI=1S/C18H19ClN4/c1-12(2)21-17-14-8-4-6-10-16(14)22-18(23-17)20-11-13-7-3-5-9-15(13)19/h3-10,12H,11H2,1-2H3,(H2,20,21,22,23). The first kappa shape index (κ1) is 15.6. The fourth-order valence-electron chi connectivity index (χ4n) is 2.36. The molecule has 2 N–H and O–H groups in total. The summed E-state index contributed by atoms with van der Waals surface area (Å²) in [4.78, 5) is 9.19. The van der Waals surface area contributed by atoms with Crippen molar-refractivity contribution in [1.29, 1.82) is 0 Å². The lowest BCUT2D eigenvalue weighted by atomic mass is 10.2. The second-order valence-corrected chi connectivity index (χ2v) is 6.06. The van der Waals surface area contributed by atoms with Gasteiger partial charge in [0.15, 0.2) is 0 Å². The van der Waals surface area contributed by atoms with Crippen LogP contribution in [0, 0.1) is 0 Å². The predicted octanol–water partition coefficient (Wildman–Crippen LogP) is 4.72. The Balaban J connectivity index is 1.90. The monoisotopic (exact) mass is 326 g/mol. The second kappa shape index (κ2) is 6.84. The number of halogens is 1. The van der Waals surface area contributed by atoms with Gasteiger partial charge in [0.05, 0.1) is 5.52 Å². The summed E-state index contributed by atoms with van der Waals surface area (Å²) in [5, 5.41) is 8.40. The topological polar surface area (TPSA) is 49.8 Å². The Labute approximate surface area is 140 Å². The molecule has 0 atom stereocenters. The summed E-state index contributed by atoms with van der Waals surface area (Å²) in [6.45, 7) is 4.76. The largest absolute Gasteiger partial charge is 0.367 e. The summed E-state index contributed by atoms with van der Waals surface area (Å²) in [7, 11) is 0. The molecule has 0 aliphatic rings. The van der Waals surface area contributed by atoms with E-state index in [1.54, 1.807) is 0 Å². The highest BCUT2D eigenvalue weighted by Crippen LogP contribution is 2.23. The van der Waals surface area contributed by atoms with Gasteiger partial charge in [0.25, 0.3) is 0 Å². The van der Waals surface area contributed by atoms with Crippen LogP contribution < -0.4 is 10.6 Å². The minimum atomic E-state index is 0.296. The summed E-state index contributed by atoms with van der Waals surface area (Å²) >= 11 is 6.19. The van der Waals surface area contributed by atoms with Crippen molar-refractivity contribution in [2.75, 3.05) is 10.6 Å². The summed E-state index contributed by atoms with van der Waals surface area (Å²) in [5.74, 6) is 1.43. The van der Waals surface area contributed by atoms with Gasteiger partial charge in [-0.2, -0.15) is 4.98 Å². The third kappa shape index (κ3) is 3.71. The van der Waals surface area contributed by atoms with Gasteiger partial charge in [-0.3, -0.25) is 0 Å². The van der Waals surface area contributed by atoms with Crippen LogP contribution in [0.3, 0.4) is 0 Å². The lowest BCUT2D eigenvalue weighted by molar-refractivity contribution is 0.889. The van der Waals surface area contributed by atoms with Crippen molar-refractivity contribution >= 4 is 34.3 Å². The molecule has 118 valence electrons. The highest BCUT2D eigenvalue weighted by atomic mass is 35.5. The lowest BCUT2D eigenvalue weighted by Crippen LogP contribution is -2.13. The average Bonchev–Trinajstić information content (AvgIpc) is 2.53. The first-order valence-electron chi connectivity index (χ1n) is 7.64. The third-order valence-corrected chi connectivity index (χ3v) is 3.79. The number of aromatic nitrogens is 2. The Hall–Kier alpha value is -2.33. The normalized spacial score (nSPS) is 11.0. The number of nitrogens with one attached hydrogen (secondary N) is 2. The molecule has 1 aromatic heterocycles. The smallest absolute Gasteiger partial charge is 0.225 e. The number of anilines is 2. The van der Waals surface area contributed by atoms with Crippen LogP contribution in [0.2, 0.25) is 5.02 Å². The first-order valence-corrected chi connectivity index (χ1v) is 8.02. The molecule has 2 aromatic carbocycles. The van der Waals surface area contributed by atoms with Crippen LogP contribution in [-0.4, -0.2) is 16.0 Å². The maximum atomic E-state index is 6.19. The zero-order valence-corrected chi connectivity index (χ0v) is 13.9. The molecular formula is C18H19ClN4. The van der Waals surface area contributed by atoms with E-state index in [0.29, 0.717) is 18.5 Å². The Bertz CT molecular complexity index is 817. The molecular weight excluding hydrogens is 308 g/mol. The van der Waals surface area contributed by atoms with Gasteiger partial charge < -0.3 is 10.6 Å². The number of hydrogen-bond donors (Lipinski definition) is 2. The fourth-order valence-corrected chi connectivity index (χ4v) is 2.56. The molecule has 0 spiro atoms. The second-order valence-electron chi connectivity index (χ2n) is 5.66. The van der Waals surface area contributed by atoms with Gasteiger partial charge in [-0.05, 0) is 37.6 Å². The highest BCUT2D eigenvalue weighted by molar-refractivity contribution is 6.31. The van der Waals surface area contributed by atoms with Crippen LogP contribution in [0.5, 0.6) is 0 Å². The van der Waals surface area contributed by atoms with E-state index in [0.717, 1.165) is 27.3 Å². The Morgan fingerprint density at radius 2 is 1.74 bits per heavy atom. The van der Waals surface area contributed by atoms with Gasteiger partial charge in [-0.1, -0.05) is 41.9 Å². The minimum Gasteiger partial charge on any atom is -0.367 e. The molecule has 4 nitrogen and oxygen atoms in total. The number of hydrogen-bond acceptors (Lipinski definition) is 4. The molecule has 1 heterocycles. The number of fused-ring (bicyclic) bond motifs is 1. The van der Waals surface area contributed by atoms with Crippen molar-refractivity contribution in [3.05, 3.63) is 59.1 Å². The Morgan fingerprint density at radius 3 is 2.52 bits per heavy atom. The third-order valence-electron chi connectivity index (χ3n) is 3.42. The van der Waals surface area contributed by atoms with Gasteiger partial charge in [0.1, 0.15) is 5.82 Å². The molecule has 3 aromatic rings. The molecule has 5 heteroatoms. The maximum Gasteiger partial charge on any atom is 0.225 e. The first-order chi connectivity index (χ1) is 11.1. The number of nitrogens with zero attached hydrogens (tertiary/aromatic N) is 2. The molecule has 3 rings (SSSR count). The molecule has 0 radical (unpaired) electrons. The van der Waals surface area contributed by atoms with Crippen LogP contribution in [0.1, 0.15) is 19.4 Å². The number of para-hydroxylation sites is 1. The molecule has 0 unspecified atom stereocenters. The number of rotatable bonds is 5. The van der Waals surface area contributed by atoms with Crippen molar-refractivity contribution in [2.24, 2.45) is 0 Å². The van der Waals surface area contributed by atoms with Crippen molar-refractivity contribution in [1.82, 2.24) is 9.97 Å². The Morgan fingerprint density at radius 1 is 1.00 bits per heavy atom. The zero-order chi connectivity index (χ0) is 16.2. The quantitative estimate of drug-likeness (QED) is 0.712. The molecule has 0 saturated heterocycles. The van der Waals surface area contributed by atoms with E-state index in [1.165, 1.54) is 0 Å². The van der Waals surface area contributed by atoms with E-state index < -0.39 is 0 Å². The van der Waals surface area contributed by atoms with E-state index in [2.05, 4.69) is 34.4 Å². The summed E-state index contributed by atoms with van der Waals surface area (Å²) in [6, 6.07) is 16.0.